The van der Waals surface area contributed by atoms with Gasteiger partial charge in [0.05, 0.1) is 23.4 Å². The number of thioether (sulfide) groups is 1. The number of nitrogens with zero attached hydrogens (tertiary/aromatic N) is 2. The number of hydrogen-bond donors (Lipinski definition) is 2. The molecule has 1 aliphatic rings. The number of aryl methyl sites for hydroxylation is 1. The number of sulfonamides is 1. The number of carbonyl (C=O) groups is 1. The van der Waals surface area contributed by atoms with Crippen LogP contribution < -0.4 is 10.9 Å². The van der Waals surface area contributed by atoms with E-state index in [9.17, 15) is 18.0 Å². The summed E-state index contributed by atoms with van der Waals surface area (Å²) < 4.78 is 32.0. The van der Waals surface area contributed by atoms with E-state index in [2.05, 4.69) is 15.3 Å². The van der Waals surface area contributed by atoms with Gasteiger partial charge >= 0.3 is 0 Å². The summed E-state index contributed by atoms with van der Waals surface area (Å²) in [6.07, 6.45) is 1.56. The standard InChI is InChI=1S/C20H26N4O5S2/c1-3-4-16-13-18(25)23-20(22-16)30-14(2)19(26)21-15-5-7-17(8-6-15)31(27,28)24-9-11-29-12-10-24/h5-8,13-14H,3-4,9-12H2,1-2H3,(H,21,26)(H,22,23,25). The first kappa shape index (κ1) is 23.5. The molecule has 2 N–H and O–H groups in total. The summed E-state index contributed by atoms with van der Waals surface area (Å²) >= 11 is 1.16. The van der Waals surface area contributed by atoms with Crippen LogP contribution in [0.3, 0.4) is 0 Å². The number of carbonyl (C=O) groups excluding carboxylic acids is 1. The average molecular weight is 467 g/mol. The minimum atomic E-state index is -3.58. The quantitative estimate of drug-likeness (QED) is 0.450. The first-order valence-electron chi connectivity index (χ1n) is 10.1. The summed E-state index contributed by atoms with van der Waals surface area (Å²) in [4.78, 5) is 31.5. The number of aromatic nitrogens is 2. The number of nitrogens with one attached hydrogen (secondary N) is 2. The highest BCUT2D eigenvalue weighted by Crippen LogP contribution is 2.22. The van der Waals surface area contributed by atoms with Gasteiger partial charge in [-0.2, -0.15) is 4.31 Å². The molecule has 2 heterocycles. The van der Waals surface area contributed by atoms with Gasteiger partial charge in [0.25, 0.3) is 5.56 Å². The van der Waals surface area contributed by atoms with Crippen molar-refractivity contribution >= 4 is 33.4 Å². The van der Waals surface area contributed by atoms with Crippen molar-refractivity contribution in [2.24, 2.45) is 0 Å². The molecule has 2 aromatic rings. The van der Waals surface area contributed by atoms with Crippen LogP contribution in [0.25, 0.3) is 0 Å². The van der Waals surface area contributed by atoms with Crippen LogP contribution in [0.2, 0.25) is 0 Å². The predicted octanol–water partition coefficient (Wildman–Crippen LogP) is 1.86. The minimum Gasteiger partial charge on any atom is -0.379 e. The Balaban J connectivity index is 1.63. The number of anilines is 1. The van der Waals surface area contributed by atoms with E-state index in [-0.39, 0.29) is 16.4 Å². The van der Waals surface area contributed by atoms with Gasteiger partial charge < -0.3 is 15.0 Å². The van der Waals surface area contributed by atoms with Gasteiger partial charge in [0.1, 0.15) is 0 Å². The molecule has 0 saturated carbocycles. The third-order valence-electron chi connectivity index (χ3n) is 4.67. The normalized spacial score (nSPS) is 16.1. The highest BCUT2D eigenvalue weighted by atomic mass is 32.2. The Kier molecular flexibility index (Phi) is 7.87. The van der Waals surface area contributed by atoms with Crippen LogP contribution in [0.5, 0.6) is 0 Å². The molecule has 1 amide bonds. The molecule has 0 aliphatic carbocycles. The minimum absolute atomic E-state index is 0.171. The van der Waals surface area contributed by atoms with Crippen LogP contribution in [0.4, 0.5) is 5.69 Å². The first-order chi connectivity index (χ1) is 14.8. The second-order valence-electron chi connectivity index (χ2n) is 7.08. The molecule has 9 nitrogen and oxygen atoms in total. The van der Waals surface area contributed by atoms with E-state index in [1.807, 2.05) is 6.92 Å². The van der Waals surface area contributed by atoms with Gasteiger partial charge in [-0.3, -0.25) is 9.59 Å². The average Bonchev–Trinajstić information content (AvgIpc) is 2.74. The zero-order valence-corrected chi connectivity index (χ0v) is 19.1. The Morgan fingerprint density at radius 2 is 1.97 bits per heavy atom. The lowest BCUT2D eigenvalue weighted by molar-refractivity contribution is -0.115. The lowest BCUT2D eigenvalue weighted by Crippen LogP contribution is -2.40. The Morgan fingerprint density at radius 3 is 2.61 bits per heavy atom. The molecule has 0 radical (unpaired) electrons. The van der Waals surface area contributed by atoms with E-state index >= 15 is 0 Å². The molecule has 1 atom stereocenters. The maximum atomic E-state index is 12.7. The maximum Gasteiger partial charge on any atom is 0.251 e. The molecular weight excluding hydrogens is 440 g/mol. The van der Waals surface area contributed by atoms with Crippen molar-refractivity contribution in [1.29, 1.82) is 0 Å². The smallest absolute Gasteiger partial charge is 0.251 e. The van der Waals surface area contributed by atoms with Crippen molar-refractivity contribution in [3.05, 3.63) is 46.4 Å². The molecule has 1 saturated heterocycles. The third-order valence-corrected chi connectivity index (χ3v) is 7.56. The SMILES string of the molecule is CCCc1cc(=O)[nH]c(SC(C)C(=O)Nc2ccc(S(=O)(=O)N3CCOCC3)cc2)n1. The van der Waals surface area contributed by atoms with Crippen molar-refractivity contribution in [1.82, 2.24) is 14.3 Å². The lowest BCUT2D eigenvalue weighted by Gasteiger charge is -2.26. The molecule has 1 unspecified atom stereocenters. The van der Waals surface area contributed by atoms with Crippen LogP contribution in [-0.2, 0) is 26.0 Å². The van der Waals surface area contributed by atoms with Gasteiger partial charge in [0.15, 0.2) is 5.16 Å². The van der Waals surface area contributed by atoms with E-state index in [1.54, 1.807) is 19.1 Å². The summed E-state index contributed by atoms with van der Waals surface area (Å²) in [5.41, 5.74) is 0.934. The number of H-pyrrole nitrogens is 1. The Bertz CT molecular complexity index is 1060. The fourth-order valence-corrected chi connectivity index (χ4v) is 5.27. The van der Waals surface area contributed by atoms with Crippen LogP contribution in [0.15, 0.2) is 45.2 Å². The molecule has 11 heteroatoms. The summed E-state index contributed by atoms with van der Waals surface area (Å²) in [7, 11) is -3.58. The summed E-state index contributed by atoms with van der Waals surface area (Å²) in [6.45, 7) is 5.12. The van der Waals surface area contributed by atoms with E-state index in [0.29, 0.717) is 49.3 Å². The molecule has 1 aromatic carbocycles. The zero-order valence-electron chi connectivity index (χ0n) is 17.5. The van der Waals surface area contributed by atoms with Crippen molar-refractivity contribution in [3.63, 3.8) is 0 Å². The number of benzene rings is 1. The third kappa shape index (κ3) is 6.16. The number of rotatable bonds is 8. The van der Waals surface area contributed by atoms with Gasteiger partial charge in [0.2, 0.25) is 15.9 Å². The Hall–Kier alpha value is -2.21. The molecular formula is C20H26N4O5S2. The second kappa shape index (κ2) is 10.4. The largest absolute Gasteiger partial charge is 0.379 e. The molecule has 0 bridgehead atoms. The summed E-state index contributed by atoms with van der Waals surface area (Å²) in [6, 6.07) is 7.54. The summed E-state index contributed by atoms with van der Waals surface area (Å²) in [5.74, 6) is -0.280. The van der Waals surface area contributed by atoms with Gasteiger partial charge in [0, 0.05) is 30.5 Å². The van der Waals surface area contributed by atoms with E-state index < -0.39 is 15.3 Å². The van der Waals surface area contributed by atoms with Crippen LogP contribution in [0, 0.1) is 0 Å². The zero-order chi connectivity index (χ0) is 22.4. The van der Waals surface area contributed by atoms with E-state index in [4.69, 9.17) is 4.74 Å². The molecule has 31 heavy (non-hydrogen) atoms. The lowest BCUT2D eigenvalue weighted by atomic mass is 10.2. The van der Waals surface area contributed by atoms with Gasteiger partial charge in [-0.25, -0.2) is 13.4 Å². The Labute approximate surface area is 185 Å². The van der Waals surface area contributed by atoms with Gasteiger partial charge in [-0.15, -0.1) is 0 Å². The number of aromatic amines is 1. The highest BCUT2D eigenvalue weighted by Gasteiger charge is 2.26. The molecule has 1 aliphatic heterocycles. The van der Waals surface area contributed by atoms with E-state index in [1.165, 1.54) is 22.5 Å². The number of amides is 1. The van der Waals surface area contributed by atoms with Crippen molar-refractivity contribution in [2.75, 3.05) is 31.6 Å². The molecule has 1 fully saturated rings. The van der Waals surface area contributed by atoms with Gasteiger partial charge in [-0.1, -0.05) is 25.1 Å². The molecule has 1 aromatic heterocycles. The number of ether oxygens (including phenoxy) is 1. The molecule has 3 rings (SSSR count). The van der Waals surface area contributed by atoms with Crippen molar-refractivity contribution in [2.45, 2.75) is 42.0 Å². The predicted molar refractivity (Wildman–Crippen MR) is 119 cm³/mol. The van der Waals surface area contributed by atoms with Crippen LogP contribution in [0.1, 0.15) is 26.0 Å². The monoisotopic (exact) mass is 466 g/mol. The number of morpholine rings is 1. The summed E-state index contributed by atoms with van der Waals surface area (Å²) in [5, 5.41) is 2.64. The molecule has 0 spiro atoms. The fourth-order valence-electron chi connectivity index (χ4n) is 3.03. The van der Waals surface area contributed by atoms with Crippen LogP contribution in [-0.4, -0.2) is 60.2 Å². The van der Waals surface area contributed by atoms with E-state index in [0.717, 1.165) is 18.2 Å². The number of hydrogen-bond acceptors (Lipinski definition) is 7. The Morgan fingerprint density at radius 1 is 1.29 bits per heavy atom. The highest BCUT2D eigenvalue weighted by molar-refractivity contribution is 8.00. The van der Waals surface area contributed by atoms with Crippen molar-refractivity contribution in [3.8, 4) is 0 Å². The fraction of sp³-hybridized carbons (Fsp3) is 0.450. The second-order valence-corrected chi connectivity index (χ2v) is 10.3. The van der Waals surface area contributed by atoms with Crippen molar-refractivity contribution < 1.29 is 17.9 Å². The van der Waals surface area contributed by atoms with Crippen LogP contribution >= 0.6 is 11.8 Å². The maximum absolute atomic E-state index is 12.7. The molecule has 168 valence electrons. The first-order valence-corrected chi connectivity index (χ1v) is 12.4. The topological polar surface area (TPSA) is 121 Å². The van der Waals surface area contributed by atoms with Gasteiger partial charge in [-0.05, 0) is 37.6 Å².